The van der Waals surface area contributed by atoms with Crippen molar-refractivity contribution in [1.82, 2.24) is 0 Å². The number of methoxy groups -OCH3 is 1. The molecular weight excluding hydrogens is 328 g/mol. The molecule has 0 spiro atoms. The minimum absolute atomic E-state index is 0.140. The van der Waals surface area contributed by atoms with Crippen LogP contribution in [-0.2, 0) is 9.53 Å². The van der Waals surface area contributed by atoms with Gasteiger partial charge in [-0.1, -0.05) is 0 Å². The largest absolute Gasteiger partial charge is 0.452 e. The topological polar surface area (TPSA) is 61.8 Å². The molecule has 5 nitrogen and oxygen atoms in total. The summed E-state index contributed by atoms with van der Waals surface area (Å²) in [4.78, 5) is 25.1. The Hall–Kier alpha value is -2.44. The predicted molar refractivity (Wildman–Crippen MR) is 90.7 cm³/mol. The van der Waals surface area contributed by atoms with Crippen LogP contribution in [0.1, 0.15) is 26.4 Å². The lowest BCUT2D eigenvalue weighted by atomic mass is 10.1. The average molecular weight is 344 g/mol. The third kappa shape index (κ3) is 2.98. The zero-order chi connectivity index (χ0) is 17.3. The number of thiophene rings is 1. The van der Waals surface area contributed by atoms with Gasteiger partial charge in [-0.05, 0) is 43.0 Å². The molecule has 1 aromatic heterocycles. The number of ether oxygens (including phenoxy) is 3. The molecule has 0 unspecified atom stereocenters. The molecule has 0 aliphatic carbocycles. The van der Waals surface area contributed by atoms with Crippen LogP contribution in [0.15, 0.2) is 29.3 Å². The maximum atomic E-state index is 12.5. The molecule has 0 fully saturated rings. The summed E-state index contributed by atoms with van der Waals surface area (Å²) in [5.74, 6) is 0.393. The van der Waals surface area contributed by atoms with Gasteiger partial charge >= 0.3 is 5.97 Å². The SMILES string of the molecule is COCC(=O)Oc1ccc2c(c1C)O/C(=C\c1sccc1C)C2=O. The minimum Gasteiger partial charge on any atom is -0.452 e. The zero-order valence-electron chi connectivity index (χ0n) is 13.5. The van der Waals surface area contributed by atoms with Crippen LogP contribution < -0.4 is 9.47 Å². The molecular formula is C18H16O5S. The molecule has 0 radical (unpaired) electrons. The van der Waals surface area contributed by atoms with Gasteiger partial charge in [-0.2, -0.15) is 0 Å². The van der Waals surface area contributed by atoms with E-state index >= 15 is 0 Å². The summed E-state index contributed by atoms with van der Waals surface area (Å²) in [6.07, 6.45) is 1.75. The number of ketones is 1. The summed E-state index contributed by atoms with van der Waals surface area (Å²) >= 11 is 1.55. The van der Waals surface area contributed by atoms with Crippen LogP contribution in [0, 0.1) is 13.8 Å². The molecule has 1 aromatic carbocycles. The monoisotopic (exact) mass is 344 g/mol. The Morgan fingerprint density at radius 3 is 2.75 bits per heavy atom. The van der Waals surface area contributed by atoms with E-state index in [0.29, 0.717) is 22.6 Å². The Kier molecular flexibility index (Phi) is 4.51. The third-order valence-corrected chi connectivity index (χ3v) is 4.65. The number of hydrogen-bond acceptors (Lipinski definition) is 6. The van der Waals surface area contributed by atoms with E-state index in [-0.39, 0.29) is 18.1 Å². The molecule has 1 aliphatic rings. The molecule has 0 amide bonds. The summed E-state index contributed by atoms with van der Waals surface area (Å²) in [6.45, 7) is 3.59. The lowest BCUT2D eigenvalue weighted by molar-refractivity contribution is -0.138. The highest BCUT2D eigenvalue weighted by Gasteiger charge is 2.30. The molecule has 3 rings (SSSR count). The number of esters is 1. The first-order valence-corrected chi connectivity index (χ1v) is 8.20. The van der Waals surface area contributed by atoms with Crippen LogP contribution in [0.5, 0.6) is 11.5 Å². The smallest absolute Gasteiger partial charge is 0.337 e. The van der Waals surface area contributed by atoms with E-state index < -0.39 is 5.97 Å². The van der Waals surface area contributed by atoms with Gasteiger partial charge in [0.1, 0.15) is 18.1 Å². The van der Waals surface area contributed by atoms with Gasteiger partial charge in [-0.3, -0.25) is 4.79 Å². The van der Waals surface area contributed by atoms with E-state index in [4.69, 9.17) is 14.2 Å². The second-order valence-corrected chi connectivity index (χ2v) is 6.33. The summed E-state index contributed by atoms with van der Waals surface area (Å²) in [5.41, 5.74) is 2.17. The second-order valence-electron chi connectivity index (χ2n) is 5.38. The Morgan fingerprint density at radius 1 is 1.29 bits per heavy atom. The van der Waals surface area contributed by atoms with Crippen molar-refractivity contribution in [1.29, 1.82) is 0 Å². The molecule has 2 heterocycles. The lowest BCUT2D eigenvalue weighted by Crippen LogP contribution is -2.14. The van der Waals surface area contributed by atoms with Gasteiger partial charge < -0.3 is 14.2 Å². The van der Waals surface area contributed by atoms with Crippen molar-refractivity contribution in [2.45, 2.75) is 13.8 Å². The Balaban J connectivity index is 1.91. The van der Waals surface area contributed by atoms with Gasteiger partial charge in [0.25, 0.3) is 0 Å². The van der Waals surface area contributed by atoms with Gasteiger partial charge in [0, 0.05) is 23.6 Å². The Morgan fingerprint density at radius 2 is 2.08 bits per heavy atom. The third-order valence-electron chi connectivity index (χ3n) is 3.69. The number of allylic oxidation sites excluding steroid dienone is 1. The van der Waals surface area contributed by atoms with E-state index in [0.717, 1.165) is 10.4 Å². The molecule has 1 aliphatic heterocycles. The predicted octanol–water partition coefficient (Wildman–Crippen LogP) is 3.53. The number of carbonyl (C=O) groups excluding carboxylic acids is 2. The number of aryl methyl sites for hydroxylation is 1. The quantitative estimate of drug-likeness (QED) is 0.482. The second kappa shape index (κ2) is 6.59. The normalized spacial score (nSPS) is 14.6. The molecule has 0 bridgehead atoms. The number of benzene rings is 1. The van der Waals surface area contributed by atoms with Crippen LogP contribution >= 0.6 is 11.3 Å². The first-order chi connectivity index (χ1) is 11.5. The van der Waals surface area contributed by atoms with E-state index in [9.17, 15) is 9.59 Å². The van der Waals surface area contributed by atoms with Gasteiger partial charge in [0.2, 0.25) is 5.78 Å². The molecule has 2 aromatic rings. The fourth-order valence-electron chi connectivity index (χ4n) is 2.40. The van der Waals surface area contributed by atoms with Gasteiger partial charge in [-0.15, -0.1) is 11.3 Å². The number of Topliss-reactive ketones (excluding diaryl/α,β-unsaturated/α-hetero) is 1. The van der Waals surface area contributed by atoms with Gasteiger partial charge in [-0.25, -0.2) is 4.79 Å². The fraction of sp³-hybridized carbons (Fsp3) is 0.222. The standard InChI is InChI=1S/C18H16O5S/c1-10-6-7-24-15(10)8-14-17(20)12-4-5-13(11(2)18(12)23-14)22-16(19)9-21-3/h4-8H,9H2,1-3H3/b14-8-. The van der Waals surface area contributed by atoms with Crippen LogP contribution in [-0.4, -0.2) is 25.5 Å². The van der Waals surface area contributed by atoms with Crippen molar-refractivity contribution in [2.75, 3.05) is 13.7 Å². The van der Waals surface area contributed by atoms with Crippen molar-refractivity contribution >= 4 is 29.2 Å². The Bertz CT molecular complexity index is 847. The highest BCUT2D eigenvalue weighted by Crippen LogP contribution is 2.39. The summed E-state index contributed by atoms with van der Waals surface area (Å²) in [7, 11) is 1.42. The molecule has 24 heavy (non-hydrogen) atoms. The van der Waals surface area contributed by atoms with E-state index in [1.807, 2.05) is 18.4 Å². The molecule has 0 saturated heterocycles. The Labute approximate surface area is 143 Å². The maximum Gasteiger partial charge on any atom is 0.337 e. The molecule has 124 valence electrons. The van der Waals surface area contributed by atoms with Crippen LogP contribution in [0.2, 0.25) is 0 Å². The van der Waals surface area contributed by atoms with Crippen molar-refractivity contribution in [3.05, 3.63) is 50.9 Å². The highest BCUT2D eigenvalue weighted by molar-refractivity contribution is 7.11. The minimum atomic E-state index is -0.505. The molecule has 0 N–H and O–H groups in total. The number of carbonyl (C=O) groups is 2. The zero-order valence-corrected chi connectivity index (χ0v) is 14.4. The number of fused-ring (bicyclic) bond motifs is 1. The highest BCUT2D eigenvalue weighted by atomic mass is 32.1. The van der Waals surface area contributed by atoms with Crippen molar-refractivity contribution in [3.63, 3.8) is 0 Å². The van der Waals surface area contributed by atoms with Crippen LogP contribution in [0.4, 0.5) is 0 Å². The van der Waals surface area contributed by atoms with E-state index in [1.54, 1.807) is 36.5 Å². The van der Waals surface area contributed by atoms with Crippen LogP contribution in [0.3, 0.4) is 0 Å². The van der Waals surface area contributed by atoms with E-state index in [1.165, 1.54) is 7.11 Å². The maximum absolute atomic E-state index is 12.5. The van der Waals surface area contributed by atoms with Crippen molar-refractivity contribution in [2.24, 2.45) is 0 Å². The van der Waals surface area contributed by atoms with Gasteiger partial charge in [0.15, 0.2) is 5.76 Å². The molecule has 0 atom stereocenters. The van der Waals surface area contributed by atoms with Crippen molar-refractivity contribution in [3.8, 4) is 11.5 Å². The molecule has 6 heteroatoms. The average Bonchev–Trinajstić information content (AvgIpc) is 3.08. The van der Waals surface area contributed by atoms with Crippen LogP contribution in [0.25, 0.3) is 6.08 Å². The van der Waals surface area contributed by atoms with Gasteiger partial charge in [0.05, 0.1) is 5.56 Å². The summed E-state index contributed by atoms with van der Waals surface area (Å²) < 4.78 is 15.7. The first kappa shape index (κ1) is 16.4. The summed E-state index contributed by atoms with van der Waals surface area (Å²) in [5, 5.41) is 1.97. The number of hydrogen-bond donors (Lipinski definition) is 0. The summed E-state index contributed by atoms with van der Waals surface area (Å²) in [6, 6.07) is 5.20. The fourth-order valence-corrected chi connectivity index (χ4v) is 3.25. The lowest BCUT2D eigenvalue weighted by Gasteiger charge is -2.09. The molecule has 0 saturated carbocycles. The van der Waals surface area contributed by atoms with Crippen molar-refractivity contribution < 1.29 is 23.8 Å². The number of rotatable bonds is 4. The first-order valence-electron chi connectivity index (χ1n) is 7.33. The van der Waals surface area contributed by atoms with E-state index in [2.05, 4.69) is 0 Å².